The van der Waals surface area contributed by atoms with Crippen LogP contribution in [0, 0.1) is 6.92 Å². The van der Waals surface area contributed by atoms with E-state index < -0.39 is 0 Å². The molecule has 21 heavy (non-hydrogen) atoms. The molecule has 1 aromatic heterocycles. The summed E-state index contributed by atoms with van der Waals surface area (Å²) in [7, 11) is 0. The maximum absolute atomic E-state index is 5.83. The molecule has 2 aromatic rings. The van der Waals surface area contributed by atoms with Gasteiger partial charge < -0.3 is 10.1 Å². The molecule has 0 spiro atoms. The van der Waals surface area contributed by atoms with E-state index in [1.165, 1.54) is 16.0 Å². The van der Waals surface area contributed by atoms with E-state index in [9.17, 15) is 0 Å². The van der Waals surface area contributed by atoms with Crippen LogP contribution >= 0.6 is 11.3 Å². The lowest BCUT2D eigenvalue weighted by atomic mass is 9.98. The Balaban J connectivity index is 1.77. The molecule has 0 aliphatic carbocycles. The van der Waals surface area contributed by atoms with Crippen molar-refractivity contribution in [2.24, 2.45) is 0 Å². The van der Waals surface area contributed by atoms with Crippen LogP contribution in [0.5, 0.6) is 5.75 Å². The molecule has 1 N–H and O–H groups in total. The highest BCUT2D eigenvalue weighted by atomic mass is 32.1. The monoisotopic (exact) mass is 303 g/mol. The first kappa shape index (κ1) is 16.1. The molecule has 0 aliphatic heterocycles. The third-order valence-corrected chi connectivity index (χ3v) is 4.71. The Morgan fingerprint density at radius 1 is 1.19 bits per heavy atom. The van der Waals surface area contributed by atoms with Gasteiger partial charge in [-0.25, -0.2) is 0 Å². The molecule has 1 unspecified atom stereocenters. The number of hydrogen-bond acceptors (Lipinski definition) is 3. The average Bonchev–Trinajstić information content (AvgIpc) is 2.97. The maximum atomic E-state index is 5.83. The van der Waals surface area contributed by atoms with E-state index >= 15 is 0 Å². The largest absolute Gasteiger partial charge is 0.492 e. The van der Waals surface area contributed by atoms with E-state index in [0.717, 1.165) is 12.3 Å². The fourth-order valence-corrected chi connectivity index (χ4v) is 3.23. The van der Waals surface area contributed by atoms with Gasteiger partial charge in [-0.15, -0.1) is 11.3 Å². The Hall–Kier alpha value is -1.32. The van der Waals surface area contributed by atoms with Gasteiger partial charge in [-0.05, 0) is 54.5 Å². The van der Waals surface area contributed by atoms with Crippen molar-refractivity contribution in [3.63, 3.8) is 0 Å². The minimum atomic E-state index is 0.388. The predicted octanol–water partition coefficient (Wildman–Crippen LogP) is 4.91. The van der Waals surface area contributed by atoms with Gasteiger partial charge in [0.1, 0.15) is 12.4 Å². The summed E-state index contributed by atoms with van der Waals surface area (Å²) >= 11 is 1.79. The van der Waals surface area contributed by atoms with E-state index in [2.05, 4.69) is 68.7 Å². The maximum Gasteiger partial charge on any atom is 0.119 e. The van der Waals surface area contributed by atoms with Crippen LogP contribution < -0.4 is 10.1 Å². The number of aryl methyl sites for hydroxylation is 1. The van der Waals surface area contributed by atoms with Crippen LogP contribution in [-0.4, -0.2) is 13.2 Å². The first-order valence-electron chi connectivity index (χ1n) is 7.58. The van der Waals surface area contributed by atoms with E-state index in [1.807, 2.05) is 0 Å². The molecule has 0 amide bonds. The van der Waals surface area contributed by atoms with Crippen LogP contribution in [0.25, 0.3) is 0 Å². The number of rotatable bonds is 7. The zero-order valence-corrected chi connectivity index (χ0v) is 14.2. The van der Waals surface area contributed by atoms with Crippen molar-refractivity contribution < 1.29 is 4.74 Å². The molecule has 0 fully saturated rings. The zero-order chi connectivity index (χ0) is 15.2. The number of hydrogen-bond donors (Lipinski definition) is 1. The van der Waals surface area contributed by atoms with Crippen molar-refractivity contribution in [1.82, 2.24) is 5.32 Å². The molecule has 1 atom stereocenters. The molecule has 2 rings (SSSR count). The molecule has 0 saturated heterocycles. The summed E-state index contributed by atoms with van der Waals surface area (Å²) in [6.07, 6.45) is 0. The number of ether oxygens (including phenoxy) is 1. The van der Waals surface area contributed by atoms with Gasteiger partial charge in [-0.1, -0.05) is 26.0 Å². The minimum absolute atomic E-state index is 0.388. The summed E-state index contributed by atoms with van der Waals surface area (Å²) in [5.74, 6) is 1.52. The molecule has 114 valence electrons. The highest BCUT2D eigenvalue weighted by molar-refractivity contribution is 7.10. The molecule has 0 saturated carbocycles. The molecule has 3 heteroatoms. The summed E-state index contributed by atoms with van der Waals surface area (Å²) in [5, 5.41) is 5.60. The van der Waals surface area contributed by atoms with Crippen molar-refractivity contribution in [3.8, 4) is 5.75 Å². The molecule has 0 bridgehead atoms. The van der Waals surface area contributed by atoms with Gasteiger partial charge in [0.2, 0.25) is 0 Å². The average molecular weight is 303 g/mol. The summed E-state index contributed by atoms with van der Waals surface area (Å²) in [6.45, 7) is 10.3. The van der Waals surface area contributed by atoms with Crippen molar-refractivity contribution in [1.29, 1.82) is 0 Å². The van der Waals surface area contributed by atoms with Crippen molar-refractivity contribution in [2.75, 3.05) is 13.2 Å². The number of thiophene rings is 1. The van der Waals surface area contributed by atoms with Crippen molar-refractivity contribution >= 4 is 11.3 Å². The molecule has 1 heterocycles. The summed E-state index contributed by atoms with van der Waals surface area (Å²) in [5.41, 5.74) is 2.70. The Labute approximate surface area is 132 Å². The Morgan fingerprint density at radius 2 is 2.00 bits per heavy atom. The second-order valence-corrected chi connectivity index (χ2v) is 6.69. The van der Waals surface area contributed by atoms with Crippen LogP contribution in [0.3, 0.4) is 0 Å². The Kier molecular flexibility index (Phi) is 5.83. The Bertz CT molecular complexity index is 548. The highest BCUT2D eigenvalue weighted by Gasteiger charge is 2.06. The SMILES string of the molecule is Cc1cc(OCCNC(C)c2cccs2)ccc1C(C)C. The quantitative estimate of drug-likeness (QED) is 0.734. The van der Waals surface area contributed by atoms with Crippen LogP contribution in [0.15, 0.2) is 35.7 Å². The fourth-order valence-electron chi connectivity index (χ4n) is 2.47. The normalized spacial score (nSPS) is 12.6. The van der Waals surface area contributed by atoms with Crippen molar-refractivity contribution in [2.45, 2.75) is 39.7 Å². The molecule has 1 aromatic carbocycles. The topological polar surface area (TPSA) is 21.3 Å². The van der Waals surface area contributed by atoms with Crippen LogP contribution in [0.1, 0.15) is 48.7 Å². The lowest BCUT2D eigenvalue weighted by molar-refractivity contribution is 0.307. The standard InChI is InChI=1S/C18H25NOS/c1-13(2)17-8-7-16(12-14(17)3)20-10-9-19-15(4)18-6-5-11-21-18/h5-8,11-13,15,19H,9-10H2,1-4H3. The van der Waals surface area contributed by atoms with Gasteiger partial charge in [-0.2, -0.15) is 0 Å². The van der Waals surface area contributed by atoms with Crippen LogP contribution in [0.2, 0.25) is 0 Å². The van der Waals surface area contributed by atoms with Gasteiger partial charge in [0.15, 0.2) is 0 Å². The van der Waals surface area contributed by atoms with Crippen LogP contribution in [0.4, 0.5) is 0 Å². The molecular formula is C18H25NOS. The first-order valence-corrected chi connectivity index (χ1v) is 8.46. The second-order valence-electron chi connectivity index (χ2n) is 5.71. The molecule has 0 aliphatic rings. The summed E-state index contributed by atoms with van der Waals surface area (Å²) in [6, 6.07) is 11.0. The minimum Gasteiger partial charge on any atom is -0.492 e. The zero-order valence-electron chi connectivity index (χ0n) is 13.3. The van der Waals surface area contributed by atoms with E-state index in [1.54, 1.807) is 11.3 Å². The Morgan fingerprint density at radius 3 is 2.62 bits per heavy atom. The lowest BCUT2D eigenvalue weighted by Crippen LogP contribution is -2.23. The fraction of sp³-hybridized carbons (Fsp3) is 0.444. The second kappa shape index (κ2) is 7.62. The van der Waals surface area contributed by atoms with Gasteiger partial charge in [0.05, 0.1) is 0 Å². The third kappa shape index (κ3) is 4.58. The third-order valence-electron chi connectivity index (χ3n) is 3.65. The van der Waals surface area contributed by atoms with E-state index in [0.29, 0.717) is 18.6 Å². The number of nitrogens with one attached hydrogen (secondary N) is 1. The van der Waals surface area contributed by atoms with Crippen LogP contribution in [-0.2, 0) is 0 Å². The van der Waals surface area contributed by atoms with E-state index in [-0.39, 0.29) is 0 Å². The summed E-state index contributed by atoms with van der Waals surface area (Å²) in [4.78, 5) is 1.37. The van der Waals surface area contributed by atoms with Gasteiger partial charge in [-0.3, -0.25) is 0 Å². The molecular weight excluding hydrogens is 278 g/mol. The summed E-state index contributed by atoms with van der Waals surface area (Å²) < 4.78 is 5.83. The van der Waals surface area contributed by atoms with Gasteiger partial charge >= 0.3 is 0 Å². The molecule has 0 radical (unpaired) electrons. The smallest absolute Gasteiger partial charge is 0.119 e. The van der Waals surface area contributed by atoms with Crippen molar-refractivity contribution in [3.05, 3.63) is 51.7 Å². The van der Waals surface area contributed by atoms with Gasteiger partial charge in [0.25, 0.3) is 0 Å². The highest BCUT2D eigenvalue weighted by Crippen LogP contribution is 2.23. The van der Waals surface area contributed by atoms with E-state index in [4.69, 9.17) is 4.74 Å². The lowest BCUT2D eigenvalue weighted by Gasteiger charge is -2.14. The van der Waals surface area contributed by atoms with Gasteiger partial charge in [0, 0.05) is 17.5 Å². The molecule has 2 nitrogen and oxygen atoms in total. The number of benzene rings is 1. The predicted molar refractivity (Wildman–Crippen MR) is 91.5 cm³/mol. The first-order chi connectivity index (χ1) is 10.1.